The Bertz CT molecular complexity index is 299. The van der Waals surface area contributed by atoms with Gasteiger partial charge >= 0.3 is 5.97 Å². The molecule has 4 nitrogen and oxygen atoms in total. The SMILES string of the molecule is O=C(O)C1=CC[C@@H]2[C@H](Br)C(=O)N12. The van der Waals surface area contributed by atoms with Gasteiger partial charge in [0.2, 0.25) is 5.91 Å². The van der Waals surface area contributed by atoms with Crippen LogP contribution in [0.15, 0.2) is 11.8 Å². The Morgan fingerprint density at radius 3 is 3.00 bits per heavy atom. The van der Waals surface area contributed by atoms with Crippen LogP contribution in [0.1, 0.15) is 6.42 Å². The van der Waals surface area contributed by atoms with E-state index in [9.17, 15) is 9.59 Å². The first-order valence-corrected chi connectivity index (χ1v) is 4.45. The molecule has 12 heavy (non-hydrogen) atoms. The van der Waals surface area contributed by atoms with Gasteiger partial charge in [-0.3, -0.25) is 4.79 Å². The average molecular weight is 232 g/mol. The van der Waals surface area contributed by atoms with E-state index in [1.54, 1.807) is 6.08 Å². The van der Waals surface area contributed by atoms with Gasteiger partial charge in [0.05, 0.1) is 6.04 Å². The summed E-state index contributed by atoms with van der Waals surface area (Å²) in [5.74, 6) is -1.17. The number of nitrogens with zero attached hydrogens (tertiary/aromatic N) is 1. The zero-order valence-electron chi connectivity index (χ0n) is 6.03. The molecule has 0 aromatic rings. The van der Waals surface area contributed by atoms with Crippen molar-refractivity contribution in [3.05, 3.63) is 11.8 Å². The maximum atomic E-state index is 11.1. The second kappa shape index (κ2) is 2.32. The number of hydrogen-bond acceptors (Lipinski definition) is 2. The van der Waals surface area contributed by atoms with E-state index in [0.717, 1.165) is 0 Å². The van der Waals surface area contributed by atoms with Crippen molar-refractivity contribution >= 4 is 27.8 Å². The van der Waals surface area contributed by atoms with Crippen molar-refractivity contribution in [2.45, 2.75) is 17.3 Å². The molecule has 0 unspecified atom stereocenters. The second-order valence-electron chi connectivity index (χ2n) is 2.81. The summed E-state index contributed by atoms with van der Waals surface area (Å²) < 4.78 is 0. The zero-order chi connectivity index (χ0) is 8.88. The summed E-state index contributed by atoms with van der Waals surface area (Å²) in [7, 11) is 0. The molecule has 2 atom stereocenters. The summed E-state index contributed by atoms with van der Waals surface area (Å²) in [6.45, 7) is 0. The van der Waals surface area contributed by atoms with Crippen LogP contribution in [0.5, 0.6) is 0 Å². The van der Waals surface area contributed by atoms with E-state index >= 15 is 0 Å². The highest BCUT2D eigenvalue weighted by atomic mass is 79.9. The molecule has 2 aliphatic heterocycles. The summed E-state index contributed by atoms with van der Waals surface area (Å²) in [6.07, 6.45) is 2.23. The molecular formula is C7H6BrNO3. The first-order valence-electron chi connectivity index (χ1n) is 3.53. The standard InChI is InChI=1S/C7H6BrNO3/c8-5-3-1-2-4(7(11)12)9(3)6(5)10/h2-3,5H,1H2,(H,11,12)/t3-,5+/m1/s1. The molecule has 1 saturated heterocycles. The number of aliphatic carboxylic acids is 1. The predicted molar refractivity (Wildman–Crippen MR) is 43.7 cm³/mol. The van der Waals surface area contributed by atoms with E-state index in [2.05, 4.69) is 15.9 Å². The van der Waals surface area contributed by atoms with Crippen LogP contribution in [0, 0.1) is 0 Å². The smallest absolute Gasteiger partial charge is 0.352 e. The number of carbonyl (C=O) groups excluding carboxylic acids is 1. The Balaban J connectivity index is 2.23. The van der Waals surface area contributed by atoms with E-state index in [-0.39, 0.29) is 22.5 Å². The van der Waals surface area contributed by atoms with Crippen molar-refractivity contribution < 1.29 is 14.7 Å². The van der Waals surface area contributed by atoms with E-state index < -0.39 is 5.97 Å². The monoisotopic (exact) mass is 231 g/mol. The highest BCUT2D eigenvalue weighted by molar-refractivity contribution is 9.10. The molecule has 0 saturated carbocycles. The molecule has 64 valence electrons. The van der Waals surface area contributed by atoms with Gasteiger partial charge < -0.3 is 10.0 Å². The minimum atomic E-state index is -1.02. The summed E-state index contributed by atoms with van der Waals surface area (Å²) in [4.78, 5) is 22.8. The van der Waals surface area contributed by atoms with Gasteiger partial charge in [-0.1, -0.05) is 22.0 Å². The molecule has 0 aromatic carbocycles. The van der Waals surface area contributed by atoms with Crippen LogP contribution in [0.2, 0.25) is 0 Å². The minimum Gasteiger partial charge on any atom is -0.477 e. The Kier molecular flexibility index (Phi) is 1.51. The lowest BCUT2D eigenvalue weighted by molar-refractivity contribution is -0.146. The first kappa shape index (κ1) is 7.79. The lowest BCUT2D eigenvalue weighted by Gasteiger charge is -2.40. The quantitative estimate of drug-likeness (QED) is 0.523. The van der Waals surface area contributed by atoms with Crippen molar-refractivity contribution in [1.29, 1.82) is 0 Å². The van der Waals surface area contributed by atoms with E-state index in [0.29, 0.717) is 6.42 Å². The fourth-order valence-electron chi connectivity index (χ4n) is 1.55. The van der Waals surface area contributed by atoms with Crippen molar-refractivity contribution in [3.8, 4) is 0 Å². The van der Waals surface area contributed by atoms with E-state index in [1.807, 2.05) is 0 Å². The zero-order valence-corrected chi connectivity index (χ0v) is 7.61. The lowest BCUT2D eigenvalue weighted by Crippen LogP contribution is -2.59. The number of alkyl halides is 1. The average Bonchev–Trinajstić information content (AvgIpc) is 2.43. The highest BCUT2D eigenvalue weighted by Gasteiger charge is 2.51. The normalized spacial score (nSPS) is 32.6. The molecule has 2 rings (SSSR count). The van der Waals surface area contributed by atoms with Crippen molar-refractivity contribution in [2.75, 3.05) is 0 Å². The molecule has 0 aliphatic carbocycles. The van der Waals surface area contributed by atoms with Crippen molar-refractivity contribution in [3.63, 3.8) is 0 Å². The highest BCUT2D eigenvalue weighted by Crippen LogP contribution is 2.37. The molecule has 5 heteroatoms. The number of rotatable bonds is 1. The van der Waals surface area contributed by atoms with Crippen LogP contribution < -0.4 is 0 Å². The molecule has 0 radical (unpaired) electrons. The minimum absolute atomic E-state index is 0.0311. The number of amides is 1. The molecule has 1 amide bonds. The molecule has 0 bridgehead atoms. The molecule has 1 fully saturated rings. The molecule has 0 aromatic heterocycles. The Morgan fingerprint density at radius 1 is 1.75 bits per heavy atom. The fraction of sp³-hybridized carbons (Fsp3) is 0.429. The first-order chi connectivity index (χ1) is 5.63. The molecule has 2 heterocycles. The molecule has 0 spiro atoms. The number of β-lactam (4-membered cyclic amide) rings is 1. The maximum absolute atomic E-state index is 11.1. The van der Waals surface area contributed by atoms with Gasteiger partial charge in [-0.25, -0.2) is 4.79 Å². The van der Waals surface area contributed by atoms with Gasteiger partial charge in [-0.05, 0) is 6.42 Å². The Hall–Kier alpha value is -0.840. The van der Waals surface area contributed by atoms with Crippen LogP contribution in [0.3, 0.4) is 0 Å². The van der Waals surface area contributed by atoms with E-state index in [4.69, 9.17) is 5.11 Å². The molecule has 1 N–H and O–H groups in total. The third kappa shape index (κ3) is 0.769. The summed E-state index contributed by atoms with van der Waals surface area (Å²) >= 11 is 3.19. The topological polar surface area (TPSA) is 57.6 Å². The maximum Gasteiger partial charge on any atom is 0.352 e. The number of carboxylic acid groups (broad SMARTS) is 1. The second-order valence-corrected chi connectivity index (χ2v) is 3.79. The van der Waals surface area contributed by atoms with Crippen LogP contribution >= 0.6 is 15.9 Å². The fourth-order valence-corrected chi connectivity index (χ4v) is 2.23. The van der Waals surface area contributed by atoms with E-state index in [1.165, 1.54) is 4.90 Å². The van der Waals surface area contributed by atoms with Gasteiger partial charge in [0.1, 0.15) is 10.5 Å². The Morgan fingerprint density at radius 2 is 2.42 bits per heavy atom. The molecular weight excluding hydrogens is 226 g/mol. The number of hydrogen-bond donors (Lipinski definition) is 1. The predicted octanol–water partition coefficient (Wildman–Crippen LogP) is 0.333. The van der Waals surface area contributed by atoms with Crippen LogP contribution in [-0.4, -0.2) is 32.8 Å². The van der Waals surface area contributed by atoms with Crippen molar-refractivity contribution in [2.24, 2.45) is 0 Å². The van der Waals surface area contributed by atoms with Gasteiger partial charge in [-0.2, -0.15) is 0 Å². The van der Waals surface area contributed by atoms with Gasteiger partial charge in [0, 0.05) is 0 Å². The van der Waals surface area contributed by atoms with Gasteiger partial charge in [-0.15, -0.1) is 0 Å². The Labute approximate surface area is 77.0 Å². The third-order valence-electron chi connectivity index (χ3n) is 2.17. The van der Waals surface area contributed by atoms with Crippen LogP contribution in [-0.2, 0) is 9.59 Å². The largest absolute Gasteiger partial charge is 0.477 e. The number of carboxylic acids is 1. The molecule has 2 aliphatic rings. The van der Waals surface area contributed by atoms with Crippen LogP contribution in [0.4, 0.5) is 0 Å². The summed E-state index contributed by atoms with van der Waals surface area (Å²) in [5, 5.41) is 8.66. The van der Waals surface area contributed by atoms with Crippen LogP contribution in [0.25, 0.3) is 0 Å². The third-order valence-corrected chi connectivity index (χ3v) is 3.18. The van der Waals surface area contributed by atoms with Gasteiger partial charge in [0.15, 0.2) is 0 Å². The summed E-state index contributed by atoms with van der Waals surface area (Å²) in [6, 6.07) is 0.0311. The lowest BCUT2D eigenvalue weighted by atomic mass is 10.0. The summed E-state index contributed by atoms with van der Waals surface area (Å²) in [5.41, 5.74) is 0.126. The number of fused-ring (bicyclic) bond motifs is 1. The van der Waals surface area contributed by atoms with Crippen molar-refractivity contribution in [1.82, 2.24) is 4.90 Å². The number of carbonyl (C=O) groups is 2. The number of halogens is 1. The van der Waals surface area contributed by atoms with Gasteiger partial charge in [0.25, 0.3) is 0 Å².